The molecule has 0 N–H and O–H groups in total. The van der Waals surface area contributed by atoms with Crippen LogP contribution in [0.5, 0.6) is 0 Å². The van der Waals surface area contributed by atoms with Gasteiger partial charge in [0.15, 0.2) is 12.2 Å². The van der Waals surface area contributed by atoms with Crippen molar-refractivity contribution in [2.24, 2.45) is 0 Å². The quantitative estimate of drug-likeness (QED) is 0.133. The van der Waals surface area contributed by atoms with E-state index >= 15 is 0 Å². The second-order valence-corrected chi connectivity index (χ2v) is 9.43. The Bertz CT molecular complexity index is 1100. The minimum absolute atomic E-state index is 0.243. The minimum atomic E-state index is -7.14. The van der Waals surface area contributed by atoms with Gasteiger partial charge in [0.1, 0.15) is 19.8 Å². The highest BCUT2D eigenvalue weighted by atomic mass is 19.4. The molecular formula is C21H23F19N2O8. The molecule has 0 saturated carbocycles. The second-order valence-electron chi connectivity index (χ2n) is 9.43. The van der Waals surface area contributed by atoms with E-state index in [1.54, 1.807) is 0 Å². The van der Waals surface area contributed by atoms with E-state index in [1.165, 1.54) is 0 Å². The van der Waals surface area contributed by atoms with Crippen molar-refractivity contribution < 1.29 is 121 Å². The first kappa shape index (κ1) is 47.1. The monoisotopic (exact) mass is 792 g/mol. The van der Waals surface area contributed by atoms with Crippen LogP contribution in [0, 0.1) is 0 Å². The molecule has 0 bridgehead atoms. The van der Waals surface area contributed by atoms with Crippen molar-refractivity contribution in [1.82, 2.24) is 9.80 Å². The maximum absolute atomic E-state index is 14.5. The third-order valence-corrected chi connectivity index (χ3v) is 5.40. The summed E-state index contributed by atoms with van der Waals surface area (Å²) in [5.74, 6) is -11.8. The summed E-state index contributed by atoms with van der Waals surface area (Å²) in [5.41, 5.74) is 0. The molecule has 4 unspecified atom stereocenters. The van der Waals surface area contributed by atoms with Crippen LogP contribution in [0.1, 0.15) is 0 Å². The molecule has 0 fully saturated rings. The van der Waals surface area contributed by atoms with Gasteiger partial charge >= 0.3 is 60.9 Å². The number of rotatable bonds is 16. The molecule has 0 aromatic heterocycles. The highest BCUT2D eigenvalue weighted by Crippen LogP contribution is 2.49. The Morgan fingerprint density at radius 1 is 0.620 bits per heavy atom. The number of carbonyl (C=O) groups is 2. The number of ether oxygens (including phenoxy) is 6. The van der Waals surface area contributed by atoms with E-state index in [-0.39, 0.29) is 16.8 Å². The van der Waals surface area contributed by atoms with Gasteiger partial charge in [0.2, 0.25) is 0 Å². The highest BCUT2D eigenvalue weighted by molar-refractivity contribution is 5.68. The van der Waals surface area contributed by atoms with Gasteiger partial charge in [-0.25, -0.2) is 9.59 Å². The zero-order chi connectivity index (χ0) is 39.9. The highest BCUT2D eigenvalue weighted by Gasteiger charge is 2.76. The first-order chi connectivity index (χ1) is 22.0. The minimum Gasteiger partial charge on any atom is -0.446 e. The maximum atomic E-state index is 14.5. The van der Waals surface area contributed by atoms with E-state index in [1.807, 2.05) is 0 Å². The fourth-order valence-corrected chi connectivity index (χ4v) is 2.87. The van der Waals surface area contributed by atoms with E-state index in [0.717, 1.165) is 0 Å². The zero-order valence-corrected chi connectivity index (χ0v) is 24.7. The number of amides is 2. The molecule has 29 heteroatoms. The molecule has 0 heterocycles. The summed E-state index contributed by atoms with van der Waals surface area (Å²) in [6.45, 7) is -12.4. The van der Waals surface area contributed by atoms with Crippen molar-refractivity contribution in [2.75, 3.05) is 60.7 Å². The van der Waals surface area contributed by atoms with Gasteiger partial charge in [-0.15, -0.1) is 0 Å². The molecule has 0 spiro atoms. The SMILES string of the molecule is COC(COC(F)(CN(C)C(=O)OCCOC(=O)N(C)CC(OC(F)(F)C(F)(OCC(F)(F)F)C(F)(F)F)C(F)(F)F)C(F)(F)F)C(F)(F)F. The van der Waals surface area contributed by atoms with Gasteiger partial charge in [-0.1, -0.05) is 0 Å². The smallest absolute Gasteiger partial charge is 0.446 e. The summed E-state index contributed by atoms with van der Waals surface area (Å²) in [5, 5.41) is 0. The van der Waals surface area contributed by atoms with Crippen molar-refractivity contribution >= 4 is 12.2 Å². The van der Waals surface area contributed by atoms with Crippen molar-refractivity contribution in [3.8, 4) is 0 Å². The van der Waals surface area contributed by atoms with Crippen LogP contribution in [0.4, 0.5) is 93.0 Å². The molecule has 0 aliphatic heterocycles. The van der Waals surface area contributed by atoms with Crippen LogP contribution in [0.15, 0.2) is 0 Å². The molecule has 10 nitrogen and oxygen atoms in total. The largest absolute Gasteiger partial charge is 0.457 e. The van der Waals surface area contributed by atoms with Gasteiger partial charge in [0.05, 0.1) is 19.7 Å². The summed E-state index contributed by atoms with van der Waals surface area (Å²) >= 11 is 0. The zero-order valence-electron chi connectivity index (χ0n) is 24.7. The fraction of sp³-hybridized carbons (Fsp3) is 0.905. The van der Waals surface area contributed by atoms with Crippen LogP contribution in [-0.2, 0) is 28.4 Å². The van der Waals surface area contributed by atoms with Crippen LogP contribution in [-0.4, -0.2) is 144 Å². The van der Waals surface area contributed by atoms with Crippen LogP contribution in [0.25, 0.3) is 0 Å². The van der Waals surface area contributed by atoms with E-state index in [4.69, 9.17) is 0 Å². The number of methoxy groups -OCH3 is 1. The summed E-state index contributed by atoms with van der Waals surface area (Å²) in [4.78, 5) is 23.2. The lowest BCUT2D eigenvalue weighted by atomic mass is 10.2. The third-order valence-electron chi connectivity index (χ3n) is 5.40. The van der Waals surface area contributed by atoms with Gasteiger partial charge in [-0.3, -0.25) is 0 Å². The van der Waals surface area contributed by atoms with Crippen molar-refractivity contribution in [3.05, 3.63) is 0 Å². The Morgan fingerprint density at radius 2 is 1.06 bits per heavy atom. The number of nitrogens with zero attached hydrogens (tertiary/aromatic N) is 2. The van der Waals surface area contributed by atoms with Gasteiger partial charge in [-0.05, 0) is 0 Å². The normalized spacial score (nSPS) is 17.3. The lowest BCUT2D eigenvalue weighted by Gasteiger charge is -2.36. The molecule has 0 radical (unpaired) electrons. The van der Waals surface area contributed by atoms with Gasteiger partial charge in [-0.2, -0.15) is 83.4 Å². The first-order valence-corrected chi connectivity index (χ1v) is 12.4. The molecule has 2 amide bonds. The molecule has 0 aromatic carbocycles. The van der Waals surface area contributed by atoms with E-state index < -0.39 is 113 Å². The Labute approximate surface area is 266 Å². The lowest BCUT2D eigenvalue weighted by molar-refractivity contribution is -0.480. The predicted molar refractivity (Wildman–Crippen MR) is 118 cm³/mol. The average Bonchev–Trinajstić information content (AvgIpc) is 2.90. The van der Waals surface area contributed by atoms with Crippen LogP contribution in [0.3, 0.4) is 0 Å². The summed E-state index contributed by atoms with van der Waals surface area (Å²) in [6, 6.07) is 0. The predicted octanol–water partition coefficient (Wildman–Crippen LogP) is 6.29. The molecule has 0 rings (SSSR count). The number of halogens is 19. The van der Waals surface area contributed by atoms with E-state index in [0.29, 0.717) is 14.2 Å². The molecular weight excluding hydrogens is 769 g/mol. The van der Waals surface area contributed by atoms with E-state index in [9.17, 15) is 93.0 Å². The first-order valence-electron chi connectivity index (χ1n) is 12.4. The second kappa shape index (κ2) is 16.6. The summed E-state index contributed by atoms with van der Waals surface area (Å²) in [7, 11) is 1.06. The Morgan fingerprint density at radius 3 is 1.42 bits per heavy atom. The van der Waals surface area contributed by atoms with Crippen molar-refractivity contribution in [1.29, 1.82) is 0 Å². The Balaban J connectivity index is 5.44. The molecule has 298 valence electrons. The van der Waals surface area contributed by atoms with Crippen LogP contribution < -0.4 is 0 Å². The Kier molecular flexibility index (Phi) is 15.6. The van der Waals surface area contributed by atoms with Crippen molar-refractivity contribution in [2.45, 2.75) is 60.9 Å². The lowest BCUT2D eigenvalue weighted by Crippen LogP contribution is -2.62. The molecule has 4 atom stereocenters. The summed E-state index contributed by atoms with van der Waals surface area (Å²) in [6.07, 6.45) is -48.8. The number of hydrogen-bond acceptors (Lipinski definition) is 8. The number of alkyl halides is 19. The van der Waals surface area contributed by atoms with Crippen LogP contribution >= 0.6 is 0 Å². The molecule has 50 heavy (non-hydrogen) atoms. The fourth-order valence-electron chi connectivity index (χ4n) is 2.87. The summed E-state index contributed by atoms with van der Waals surface area (Å²) < 4.78 is 271. The molecule has 0 aliphatic carbocycles. The molecule has 0 aromatic rings. The van der Waals surface area contributed by atoms with Gasteiger partial charge < -0.3 is 38.2 Å². The van der Waals surface area contributed by atoms with E-state index in [2.05, 4.69) is 28.4 Å². The maximum Gasteiger partial charge on any atom is 0.457 e. The van der Waals surface area contributed by atoms with Gasteiger partial charge in [0.25, 0.3) is 0 Å². The number of likely N-dealkylation sites (N-methyl/N-ethyl adjacent to an activating group) is 2. The van der Waals surface area contributed by atoms with Crippen LogP contribution in [0.2, 0.25) is 0 Å². The molecule has 0 aliphatic rings. The third kappa shape index (κ3) is 13.6. The topological polar surface area (TPSA) is 96.0 Å². The van der Waals surface area contributed by atoms with Gasteiger partial charge in [0, 0.05) is 21.2 Å². The average molecular weight is 792 g/mol. The number of hydrogen-bond donors (Lipinski definition) is 0. The van der Waals surface area contributed by atoms with Crippen molar-refractivity contribution in [3.63, 3.8) is 0 Å². The Hall–Kier alpha value is -2.95. The number of carbonyl (C=O) groups excluding carboxylic acids is 2. The standard InChI is InChI=1S/C21H23F19N2O8/c1-41(6-10(16(26,27)28)50-21(39,40)18(32,20(36,37)38)49-9-15(23,24)25)12(43)46-4-5-47-13(44)42(2)8-14(22,19(33,34)35)48-7-11(45-3)17(29,30)31/h10-11H,4-9H2,1-3H3. The molecule has 0 saturated heterocycles.